The van der Waals surface area contributed by atoms with Crippen LogP contribution in [0.3, 0.4) is 0 Å². The van der Waals surface area contributed by atoms with Gasteiger partial charge < -0.3 is 19.8 Å². The molecule has 1 spiro atoms. The molecule has 1 saturated heterocycles. The van der Waals surface area contributed by atoms with Crippen molar-refractivity contribution in [1.82, 2.24) is 9.80 Å². The number of hydrogen-bond donors (Lipinski definition) is 2. The lowest BCUT2D eigenvalue weighted by Gasteiger charge is -2.78. The lowest BCUT2D eigenvalue weighted by Crippen LogP contribution is -2.92. The molecule has 3 aliphatic heterocycles. The highest BCUT2D eigenvalue weighted by atomic mass is 16.5. The molecule has 34 heavy (non-hydrogen) atoms. The van der Waals surface area contributed by atoms with Crippen molar-refractivity contribution in [3.63, 3.8) is 0 Å². The first-order chi connectivity index (χ1) is 16.4. The summed E-state index contributed by atoms with van der Waals surface area (Å²) in [4.78, 5) is 18.1. The Kier molecular flexibility index (Phi) is 3.79. The van der Waals surface area contributed by atoms with Crippen LogP contribution < -0.4 is 4.74 Å². The molecule has 6 nitrogen and oxygen atoms in total. The summed E-state index contributed by atoms with van der Waals surface area (Å²) in [5.74, 6) is 2.02. The molecule has 6 heteroatoms. The molecule has 0 radical (unpaired) electrons. The van der Waals surface area contributed by atoms with E-state index in [1.54, 1.807) is 6.07 Å². The molecule has 3 heterocycles. The highest BCUT2D eigenvalue weighted by Crippen LogP contribution is 2.74. The molecule has 1 aromatic carbocycles. The first-order valence-corrected chi connectivity index (χ1v) is 13.4. The SMILES string of the molecule is Cc1ccc(O)c2c1[C@]13C4CN(CC5CC5)[C@H]4[C@]1(O)CC[C@@H](N1CC4=C(CCCC4)C1=O)[C@@H]3O2. The summed E-state index contributed by atoms with van der Waals surface area (Å²) >= 11 is 0. The Balaban J connectivity index is 1.22. The molecule has 2 N–H and O–H groups in total. The summed E-state index contributed by atoms with van der Waals surface area (Å²) in [7, 11) is 0. The second-order valence-electron chi connectivity index (χ2n) is 12.2. The van der Waals surface area contributed by atoms with Crippen LogP contribution in [-0.4, -0.2) is 69.3 Å². The highest BCUT2D eigenvalue weighted by molar-refractivity contribution is 5.97. The van der Waals surface area contributed by atoms with Crippen LogP contribution in [0.1, 0.15) is 62.5 Å². The molecule has 1 aromatic rings. The standard InChI is InChI=1S/C28H34N2O4/c1-15-6-9-21(31)23-22(15)28-19-14-29(12-16-7-8-16)24(19)27(28,33)11-10-20(25(28)34-23)30-13-17-4-2-3-5-18(17)26(30)32/h6,9,16,19-20,24-25,31,33H,2-5,7-8,10-14H2,1H3/t19?,20-,24-,25+,27-,28+/m1/s1. The van der Waals surface area contributed by atoms with Gasteiger partial charge in [0, 0.05) is 42.7 Å². The molecule has 6 atom stereocenters. The average Bonchev–Trinajstić information content (AvgIpc) is 3.46. The Hall–Kier alpha value is -2.05. The fourth-order valence-corrected chi connectivity index (χ4v) is 9.12. The normalized spacial score (nSPS) is 42.2. The summed E-state index contributed by atoms with van der Waals surface area (Å²) in [6.07, 6.45) is 7.98. The number of phenolic OH excluding ortho intramolecular Hbond substituents is 1. The number of ether oxygens (including phenoxy) is 1. The van der Waals surface area contributed by atoms with Gasteiger partial charge in [0.25, 0.3) is 0 Å². The molecular weight excluding hydrogens is 428 g/mol. The van der Waals surface area contributed by atoms with E-state index in [0.717, 1.165) is 67.9 Å². The van der Waals surface area contributed by atoms with Crippen LogP contribution in [0.25, 0.3) is 0 Å². The molecule has 180 valence electrons. The van der Waals surface area contributed by atoms with Crippen LogP contribution in [0, 0.1) is 18.8 Å². The minimum absolute atomic E-state index is 0.0667. The van der Waals surface area contributed by atoms with Crippen LogP contribution in [0.5, 0.6) is 11.5 Å². The van der Waals surface area contributed by atoms with E-state index in [0.29, 0.717) is 18.1 Å². The number of benzene rings is 1. The number of likely N-dealkylation sites (tertiary alicyclic amines) is 1. The highest BCUT2D eigenvalue weighted by Gasteiger charge is 2.85. The smallest absolute Gasteiger partial charge is 0.250 e. The van der Waals surface area contributed by atoms with E-state index < -0.39 is 11.0 Å². The minimum Gasteiger partial charge on any atom is -0.504 e. The van der Waals surface area contributed by atoms with Crippen LogP contribution in [0.4, 0.5) is 0 Å². The van der Waals surface area contributed by atoms with Gasteiger partial charge in [0.05, 0.1) is 17.1 Å². The van der Waals surface area contributed by atoms with Gasteiger partial charge >= 0.3 is 0 Å². The number of hydrogen-bond acceptors (Lipinski definition) is 5. The van der Waals surface area contributed by atoms with Crippen LogP contribution in [0.15, 0.2) is 23.3 Å². The summed E-state index contributed by atoms with van der Waals surface area (Å²) in [5, 5.41) is 23.3. The summed E-state index contributed by atoms with van der Waals surface area (Å²) in [5.41, 5.74) is 3.06. The van der Waals surface area contributed by atoms with Gasteiger partial charge in [-0.1, -0.05) is 6.07 Å². The predicted octanol–water partition coefficient (Wildman–Crippen LogP) is 3.03. The molecule has 4 fully saturated rings. The van der Waals surface area contributed by atoms with Gasteiger partial charge in [-0.15, -0.1) is 0 Å². The van der Waals surface area contributed by atoms with Gasteiger partial charge in [-0.05, 0) is 81.4 Å². The van der Waals surface area contributed by atoms with Gasteiger partial charge in [-0.3, -0.25) is 9.69 Å². The van der Waals surface area contributed by atoms with E-state index in [2.05, 4.69) is 16.7 Å². The molecule has 7 aliphatic rings. The summed E-state index contributed by atoms with van der Waals surface area (Å²) < 4.78 is 6.68. The zero-order chi connectivity index (χ0) is 23.0. The number of phenols is 1. The molecule has 4 aliphatic carbocycles. The van der Waals surface area contributed by atoms with Gasteiger partial charge in [-0.25, -0.2) is 0 Å². The number of piperidine rings is 1. The van der Waals surface area contributed by atoms with Crippen molar-refractivity contribution in [2.75, 3.05) is 19.6 Å². The van der Waals surface area contributed by atoms with Crippen molar-refractivity contribution in [3.8, 4) is 11.5 Å². The number of nitrogens with zero attached hydrogens (tertiary/aromatic N) is 2. The fourth-order valence-electron chi connectivity index (χ4n) is 9.12. The second-order valence-corrected chi connectivity index (χ2v) is 12.2. The Labute approximate surface area is 200 Å². The lowest BCUT2D eigenvalue weighted by atomic mass is 9.35. The zero-order valence-electron chi connectivity index (χ0n) is 19.9. The Bertz CT molecular complexity index is 1160. The zero-order valence-corrected chi connectivity index (χ0v) is 19.9. The largest absolute Gasteiger partial charge is 0.504 e. The van der Waals surface area contributed by atoms with Crippen molar-refractivity contribution >= 4 is 5.91 Å². The summed E-state index contributed by atoms with van der Waals surface area (Å²) in [6.45, 7) is 4.88. The number of amides is 1. The maximum atomic E-state index is 13.6. The molecular formula is C28H34N2O4. The number of fused-ring (bicyclic) bond motifs is 3. The third-order valence-corrected chi connectivity index (χ3v) is 10.7. The van der Waals surface area contributed by atoms with E-state index in [-0.39, 0.29) is 29.8 Å². The second kappa shape index (κ2) is 6.38. The lowest BCUT2D eigenvalue weighted by molar-refractivity contribution is -0.321. The number of aryl methyl sites for hydroxylation is 1. The van der Waals surface area contributed by atoms with E-state index in [1.807, 2.05) is 6.07 Å². The van der Waals surface area contributed by atoms with Crippen LogP contribution >= 0.6 is 0 Å². The number of aliphatic hydroxyl groups is 1. The summed E-state index contributed by atoms with van der Waals surface area (Å²) in [6, 6.07) is 3.79. The van der Waals surface area contributed by atoms with E-state index in [1.165, 1.54) is 24.8 Å². The molecule has 1 unspecified atom stereocenters. The minimum atomic E-state index is -0.869. The van der Waals surface area contributed by atoms with E-state index >= 15 is 0 Å². The van der Waals surface area contributed by atoms with Crippen molar-refractivity contribution in [2.24, 2.45) is 11.8 Å². The van der Waals surface area contributed by atoms with Gasteiger partial charge in [0.15, 0.2) is 11.5 Å². The monoisotopic (exact) mass is 462 g/mol. The van der Waals surface area contributed by atoms with Crippen LogP contribution in [-0.2, 0) is 10.2 Å². The van der Waals surface area contributed by atoms with Crippen molar-refractivity contribution < 1.29 is 19.7 Å². The number of carbonyl (C=O) groups is 1. The molecule has 0 bridgehead atoms. The average molecular weight is 463 g/mol. The van der Waals surface area contributed by atoms with E-state index in [9.17, 15) is 15.0 Å². The maximum Gasteiger partial charge on any atom is 0.250 e. The molecule has 1 amide bonds. The fraction of sp³-hybridized carbons (Fsp3) is 0.679. The number of rotatable bonds is 3. The van der Waals surface area contributed by atoms with E-state index in [4.69, 9.17) is 4.74 Å². The maximum absolute atomic E-state index is 13.6. The van der Waals surface area contributed by atoms with Crippen LogP contribution in [0.2, 0.25) is 0 Å². The van der Waals surface area contributed by atoms with Gasteiger partial charge in [-0.2, -0.15) is 0 Å². The Morgan fingerprint density at radius 1 is 1.18 bits per heavy atom. The number of aromatic hydroxyl groups is 1. The quantitative estimate of drug-likeness (QED) is 0.723. The first kappa shape index (κ1) is 20.2. The number of carbonyl (C=O) groups excluding carboxylic acids is 1. The van der Waals surface area contributed by atoms with Gasteiger partial charge in [0.2, 0.25) is 5.91 Å². The topological polar surface area (TPSA) is 73.2 Å². The van der Waals surface area contributed by atoms with Crippen molar-refractivity contribution in [3.05, 3.63) is 34.4 Å². The first-order valence-electron chi connectivity index (χ1n) is 13.4. The Morgan fingerprint density at radius 2 is 2.00 bits per heavy atom. The van der Waals surface area contributed by atoms with Crippen molar-refractivity contribution in [1.29, 1.82) is 0 Å². The van der Waals surface area contributed by atoms with Gasteiger partial charge in [0.1, 0.15) is 6.10 Å². The molecule has 3 saturated carbocycles. The molecule has 0 aromatic heterocycles. The predicted molar refractivity (Wildman–Crippen MR) is 126 cm³/mol. The van der Waals surface area contributed by atoms with Crippen molar-refractivity contribution in [2.45, 2.75) is 87.5 Å². The third-order valence-electron chi connectivity index (χ3n) is 10.7. The Morgan fingerprint density at radius 3 is 2.79 bits per heavy atom. The third kappa shape index (κ3) is 2.15. The molecule has 8 rings (SSSR count).